The van der Waals surface area contributed by atoms with Crippen molar-refractivity contribution in [3.8, 4) is 0 Å². The minimum absolute atomic E-state index is 0.179. The quantitative estimate of drug-likeness (QED) is 0.798. The maximum atomic E-state index is 12.8. The third-order valence-corrected chi connectivity index (χ3v) is 3.44. The fraction of sp³-hybridized carbons (Fsp3) is 0.417. The summed E-state index contributed by atoms with van der Waals surface area (Å²) >= 11 is 0. The van der Waals surface area contributed by atoms with Gasteiger partial charge in [0.05, 0.1) is 6.04 Å². The fourth-order valence-corrected chi connectivity index (χ4v) is 2.55. The van der Waals surface area contributed by atoms with Gasteiger partial charge in [-0.15, -0.1) is 10.2 Å². The topological polar surface area (TPSA) is 43.6 Å². The molecule has 5 heteroatoms. The minimum atomic E-state index is -0.179. The lowest BCUT2D eigenvalue weighted by atomic mass is 9.97. The SMILES string of the molecule is Fc1ccc(C2CCC(n3ncnn3)C2)cc1. The van der Waals surface area contributed by atoms with Gasteiger partial charge < -0.3 is 0 Å². The Morgan fingerprint density at radius 1 is 1.18 bits per heavy atom. The van der Waals surface area contributed by atoms with Crippen molar-refractivity contribution in [1.29, 1.82) is 0 Å². The van der Waals surface area contributed by atoms with Crippen LogP contribution < -0.4 is 0 Å². The molecular formula is C12H13FN4. The molecule has 2 atom stereocenters. The van der Waals surface area contributed by atoms with Crippen LogP contribution in [0.25, 0.3) is 0 Å². The fourth-order valence-electron chi connectivity index (χ4n) is 2.55. The number of nitrogens with zero attached hydrogens (tertiary/aromatic N) is 4. The third-order valence-electron chi connectivity index (χ3n) is 3.44. The molecule has 4 nitrogen and oxygen atoms in total. The van der Waals surface area contributed by atoms with E-state index in [2.05, 4.69) is 15.4 Å². The van der Waals surface area contributed by atoms with E-state index >= 15 is 0 Å². The van der Waals surface area contributed by atoms with Crippen molar-refractivity contribution < 1.29 is 4.39 Å². The molecule has 0 bridgehead atoms. The summed E-state index contributed by atoms with van der Waals surface area (Å²) in [6.07, 6.45) is 4.61. The standard InChI is InChI=1S/C12H13FN4/c13-11-4-1-9(2-5-11)10-3-6-12(7-10)17-15-8-14-16-17/h1-2,4-5,8,10,12H,3,6-7H2. The van der Waals surface area contributed by atoms with Gasteiger partial charge in [0.25, 0.3) is 0 Å². The van der Waals surface area contributed by atoms with E-state index in [9.17, 15) is 4.39 Å². The zero-order valence-corrected chi connectivity index (χ0v) is 9.33. The molecule has 0 saturated heterocycles. The molecule has 0 amide bonds. The normalized spacial score (nSPS) is 24.1. The van der Waals surface area contributed by atoms with Crippen LogP contribution in [0, 0.1) is 5.82 Å². The Balaban J connectivity index is 1.74. The van der Waals surface area contributed by atoms with Crippen LogP contribution in [0.3, 0.4) is 0 Å². The van der Waals surface area contributed by atoms with Gasteiger partial charge in [-0.2, -0.15) is 4.80 Å². The van der Waals surface area contributed by atoms with Crippen LogP contribution in [-0.2, 0) is 0 Å². The minimum Gasteiger partial charge on any atom is -0.207 e. The van der Waals surface area contributed by atoms with Gasteiger partial charge in [-0.05, 0) is 48.1 Å². The smallest absolute Gasteiger partial charge is 0.162 e. The highest BCUT2D eigenvalue weighted by Gasteiger charge is 2.28. The molecule has 2 unspecified atom stereocenters. The van der Waals surface area contributed by atoms with Crippen molar-refractivity contribution in [3.63, 3.8) is 0 Å². The largest absolute Gasteiger partial charge is 0.207 e. The van der Waals surface area contributed by atoms with Gasteiger partial charge >= 0.3 is 0 Å². The van der Waals surface area contributed by atoms with Gasteiger partial charge in [0.1, 0.15) is 5.82 Å². The van der Waals surface area contributed by atoms with Gasteiger partial charge in [0.2, 0.25) is 0 Å². The van der Waals surface area contributed by atoms with E-state index in [1.807, 2.05) is 12.1 Å². The molecule has 1 fully saturated rings. The Hall–Kier alpha value is -1.78. The molecule has 1 saturated carbocycles. The molecule has 88 valence electrons. The van der Waals surface area contributed by atoms with E-state index in [0.717, 1.165) is 19.3 Å². The molecule has 1 heterocycles. The lowest BCUT2D eigenvalue weighted by Crippen LogP contribution is -2.09. The van der Waals surface area contributed by atoms with Crippen molar-refractivity contribution in [2.75, 3.05) is 0 Å². The lowest BCUT2D eigenvalue weighted by molar-refractivity contribution is 0.400. The number of hydrogen-bond donors (Lipinski definition) is 0. The predicted molar refractivity (Wildman–Crippen MR) is 59.8 cm³/mol. The second-order valence-electron chi connectivity index (χ2n) is 4.47. The van der Waals surface area contributed by atoms with Crippen LogP contribution >= 0.6 is 0 Å². The summed E-state index contributed by atoms with van der Waals surface area (Å²) in [7, 11) is 0. The van der Waals surface area contributed by atoms with Gasteiger partial charge in [-0.1, -0.05) is 12.1 Å². The Kier molecular flexibility index (Phi) is 2.59. The third kappa shape index (κ3) is 2.05. The summed E-state index contributed by atoms with van der Waals surface area (Å²) in [5.41, 5.74) is 1.20. The van der Waals surface area contributed by atoms with Crippen molar-refractivity contribution in [2.24, 2.45) is 0 Å². The van der Waals surface area contributed by atoms with Crippen LogP contribution in [0.5, 0.6) is 0 Å². The van der Waals surface area contributed by atoms with E-state index in [1.54, 1.807) is 4.80 Å². The number of aromatic nitrogens is 4. The van der Waals surface area contributed by atoms with Crippen LogP contribution in [0.1, 0.15) is 36.8 Å². The molecule has 17 heavy (non-hydrogen) atoms. The Morgan fingerprint density at radius 2 is 2.00 bits per heavy atom. The summed E-state index contributed by atoms with van der Waals surface area (Å²) in [5, 5.41) is 11.7. The highest BCUT2D eigenvalue weighted by Crippen LogP contribution is 2.39. The first-order valence-corrected chi connectivity index (χ1v) is 5.81. The van der Waals surface area contributed by atoms with Gasteiger partial charge in [0.15, 0.2) is 6.33 Å². The van der Waals surface area contributed by atoms with E-state index in [1.165, 1.54) is 24.0 Å². The van der Waals surface area contributed by atoms with E-state index in [0.29, 0.717) is 12.0 Å². The maximum Gasteiger partial charge on any atom is 0.162 e. The first-order valence-electron chi connectivity index (χ1n) is 5.81. The van der Waals surface area contributed by atoms with Crippen molar-refractivity contribution in [1.82, 2.24) is 20.2 Å². The molecule has 0 spiro atoms. The maximum absolute atomic E-state index is 12.8. The number of tetrazole rings is 1. The van der Waals surface area contributed by atoms with Crippen LogP contribution in [0.15, 0.2) is 30.6 Å². The zero-order chi connectivity index (χ0) is 11.7. The van der Waals surface area contributed by atoms with Crippen molar-refractivity contribution in [3.05, 3.63) is 42.0 Å². The Bertz CT molecular complexity index is 480. The second kappa shape index (κ2) is 4.24. The molecule has 1 aromatic heterocycles. The summed E-state index contributed by atoms with van der Waals surface area (Å²) in [4.78, 5) is 1.68. The van der Waals surface area contributed by atoms with Crippen LogP contribution in [0.2, 0.25) is 0 Å². The molecule has 2 aromatic rings. The van der Waals surface area contributed by atoms with Gasteiger partial charge in [-0.3, -0.25) is 0 Å². The monoisotopic (exact) mass is 232 g/mol. The average Bonchev–Trinajstić information content (AvgIpc) is 3.00. The second-order valence-corrected chi connectivity index (χ2v) is 4.47. The Labute approximate surface area is 98.5 Å². The summed E-state index contributed by atoms with van der Waals surface area (Å²) in [6.45, 7) is 0. The predicted octanol–water partition coefficient (Wildman–Crippen LogP) is 2.32. The van der Waals surface area contributed by atoms with Crippen LogP contribution in [0.4, 0.5) is 4.39 Å². The number of hydrogen-bond acceptors (Lipinski definition) is 3. The number of rotatable bonds is 2. The average molecular weight is 232 g/mol. The lowest BCUT2D eigenvalue weighted by Gasteiger charge is -2.10. The van der Waals surface area contributed by atoms with E-state index in [4.69, 9.17) is 0 Å². The van der Waals surface area contributed by atoms with Crippen molar-refractivity contribution in [2.45, 2.75) is 31.2 Å². The molecular weight excluding hydrogens is 219 g/mol. The first-order chi connectivity index (χ1) is 8.33. The zero-order valence-electron chi connectivity index (χ0n) is 9.33. The van der Waals surface area contributed by atoms with Crippen LogP contribution in [-0.4, -0.2) is 20.2 Å². The highest BCUT2D eigenvalue weighted by molar-refractivity contribution is 5.21. The molecule has 1 aromatic carbocycles. The van der Waals surface area contributed by atoms with E-state index < -0.39 is 0 Å². The molecule has 0 radical (unpaired) electrons. The molecule has 0 N–H and O–H groups in total. The first kappa shape index (κ1) is 10.4. The van der Waals surface area contributed by atoms with Gasteiger partial charge in [-0.25, -0.2) is 4.39 Å². The number of benzene rings is 1. The molecule has 0 aliphatic heterocycles. The Morgan fingerprint density at radius 3 is 2.71 bits per heavy atom. The number of halogens is 1. The summed E-state index contributed by atoms with van der Waals surface area (Å²) in [5.74, 6) is 0.299. The van der Waals surface area contributed by atoms with E-state index in [-0.39, 0.29) is 5.82 Å². The van der Waals surface area contributed by atoms with Gasteiger partial charge in [0, 0.05) is 0 Å². The van der Waals surface area contributed by atoms with Crippen molar-refractivity contribution >= 4 is 0 Å². The highest BCUT2D eigenvalue weighted by atomic mass is 19.1. The molecule has 3 rings (SSSR count). The summed E-state index contributed by atoms with van der Waals surface area (Å²) < 4.78 is 12.8. The molecule has 1 aliphatic rings. The summed E-state index contributed by atoms with van der Waals surface area (Å²) in [6, 6.07) is 7.12. The molecule has 1 aliphatic carbocycles.